The molecule has 1 heterocycles. The lowest BCUT2D eigenvalue weighted by molar-refractivity contribution is 0.504. The maximum absolute atomic E-state index is 3.56. The molecule has 0 spiro atoms. The Balaban J connectivity index is 2.34. The van der Waals surface area contributed by atoms with Gasteiger partial charge in [-0.2, -0.15) is 0 Å². The minimum Gasteiger partial charge on any atom is -0.350 e. The zero-order valence-electron chi connectivity index (χ0n) is 12.4. The summed E-state index contributed by atoms with van der Waals surface area (Å²) in [5, 5.41) is 3.56. The van der Waals surface area contributed by atoms with Gasteiger partial charge in [0.15, 0.2) is 0 Å². The van der Waals surface area contributed by atoms with Crippen molar-refractivity contribution in [3.8, 4) is 0 Å². The average molecular weight is 250 g/mol. The Kier molecular flexibility index (Phi) is 7.83. The van der Waals surface area contributed by atoms with E-state index in [0.29, 0.717) is 6.04 Å². The molecular weight excluding hydrogens is 220 g/mol. The Morgan fingerprint density at radius 2 is 1.89 bits per heavy atom. The van der Waals surface area contributed by atoms with Crippen molar-refractivity contribution >= 4 is 0 Å². The highest BCUT2D eigenvalue weighted by molar-refractivity contribution is 5.11. The van der Waals surface area contributed by atoms with E-state index < -0.39 is 0 Å². The molecule has 0 radical (unpaired) electrons. The molecule has 1 aromatic heterocycles. The number of hydrogen-bond acceptors (Lipinski definition) is 1. The molecule has 0 saturated heterocycles. The van der Waals surface area contributed by atoms with E-state index in [2.05, 4.69) is 49.0 Å². The van der Waals surface area contributed by atoms with Crippen molar-refractivity contribution in [3.05, 3.63) is 24.0 Å². The monoisotopic (exact) mass is 250 g/mol. The summed E-state index contributed by atoms with van der Waals surface area (Å²) in [4.78, 5) is 0. The minimum absolute atomic E-state index is 0.468. The van der Waals surface area contributed by atoms with Gasteiger partial charge < -0.3 is 9.88 Å². The first-order valence-electron chi connectivity index (χ1n) is 7.68. The SMILES string of the molecule is CCCCCCCn1cccc1C(C)NCCC. The third-order valence-corrected chi connectivity index (χ3v) is 3.51. The van der Waals surface area contributed by atoms with Crippen LogP contribution in [0.4, 0.5) is 0 Å². The van der Waals surface area contributed by atoms with Gasteiger partial charge in [-0.05, 0) is 38.4 Å². The first-order valence-corrected chi connectivity index (χ1v) is 7.68. The fraction of sp³-hybridized carbons (Fsp3) is 0.750. The quantitative estimate of drug-likeness (QED) is 0.604. The van der Waals surface area contributed by atoms with E-state index in [9.17, 15) is 0 Å². The normalized spacial score (nSPS) is 12.8. The van der Waals surface area contributed by atoms with Gasteiger partial charge in [0, 0.05) is 24.5 Å². The smallest absolute Gasteiger partial charge is 0.0446 e. The minimum atomic E-state index is 0.468. The number of aryl methyl sites for hydroxylation is 1. The van der Waals surface area contributed by atoms with Crippen LogP contribution in [0.15, 0.2) is 18.3 Å². The van der Waals surface area contributed by atoms with Crippen molar-refractivity contribution in [3.63, 3.8) is 0 Å². The number of rotatable bonds is 10. The van der Waals surface area contributed by atoms with Crippen molar-refractivity contribution in [1.82, 2.24) is 9.88 Å². The van der Waals surface area contributed by atoms with Crippen molar-refractivity contribution in [1.29, 1.82) is 0 Å². The predicted molar refractivity (Wildman–Crippen MR) is 79.9 cm³/mol. The molecule has 0 aliphatic rings. The molecular formula is C16H30N2. The van der Waals surface area contributed by atoms with Crippen LogP contribution in [0.1, 0.15) is 71.0 Å². The Morgan fingerprint density at radius 1 is 1.11 bits per heavy atom. The van der Waals surface area contributed by atoms with Crippen molar-refractivity contribution in [2.45, 2.75) is 71.9 Å². The van der Waals surface area contributed by atoms with Gasteiger partial charge in [0.25, 0.3) is 0 Å². The highest BCUT2D eigenvalue weighted by atomic mass is 15.0. The summed E-state index contributed by atoms with van der Waals surface area (Å²) >= 11 is 0. The maximum Gasteiger partial charge on any atom is 0.0446 e. The van der Waals surface area contributed by atoms with Gasteiger partial charge in [0.2, 0.25) is 0 Å². The van der Waals surface area contributed by atoms with E-state index in [-0.39, 0.29) is 0 Å². The van der Waals surface area contributed by atoms with Crippen LogP contribution in [0.25, 0.3) is 0 Å². The molecule has 2 heteroatoms. The van der Waals surface area contributed by atoms with Gasteiger partial charge in [-0.25, -0.2) is 0 Å². The maximum atomic E-state index is 3.56. The molecule has 0 aromatic carbocycles. The Morgan fingerprint density at radius 3 is 2.61 bits per heavy atom. The second kappa shape index (κ2) is 9.21. The van der Waals surface area contributed by atoms with Crippen LogP contribution in [-0.2, 0) is 6.54 Å². The zero-order chi connectivity index (χ0) is 13.2. The van der Waals surface area contributed by atoms with Gasteiger partial charge in [-0.15, -0.1) is 0 Å². The number of nitrogens with zero attached hydrogens (tertiary/aromatic N) is 1. The van der Waals surface area contributed by atoms with Gasteiger partial charge in [0.1, 0.15) is 0 Å². The highest BCUT2D eigenvalue weighted by Gasteiger charge is 2.08. The number of hydrogen-bond donors (Lipinski definition) is 1. The molecule has 18 heavy (non-hydrogen) atoms. The number of unbranched alkanes of at least 4 members (excludes halogenated alkanes) is 4. The summed E-state index contributed by atoms with van der Waals surface area (Å²) < 4.78 is 2.42. The standard InChI is InChI=1S/C16H30N2/c1-4-6-7-8-9-13-18-14-10-11-16(18)15(3)17-12-5-2/h10-11,14-15,17H,4-9,12-13H2,1-3H3. The summed E-state index contributed by atoms with van der Waals surface area (Å²) in [5.74, 6) is 0. The molecule has 0 bridgehead atoms. The molecule has 1 atom stereocenters. The molecule has 0 fully saturated rings. The molecule has 0 aliphatic carbocycles. The van der Waals surface area contributed by atoms with E-state index in [1.807, 2.05) is 0 Å². The topological polar surface area (TPSA) is 17.0 Å². The molecule has 2 nitrogen and oxygen atoms in total. The first kappa shape index (κ1) is 15.3. The molecule has 1 aromatic rings. The van der Waals surface area contributed by atoms with E-state index in [4.69, 9.17) is 0 Å². The van der Waals surface area contributed by atoms with Gasteiger partial charge >= 0.3 is 0 Å². The van der Waals surface area contributed by atoms with Crippen LogP contribution in [0, 0.1) is 0 Å². The fourth-order valence-corrected chi connectivity index (χ4v) is 2.38. The summed E-state index contributed by atoms with van der Waals surface area (Å²) in [6, 6.07) is 4.89. The van der Waals surface area contributed by atoms with Crippen LogP contribution in [0.2, 0.25) is 0 Å². The zero-order valence-corrected chi connectivity index (χ0v) is 12.4. The van der Waals surface area contributed by atoms with Crippen molar-refractivity contribution in [2.75, 3.05) is 6.54 Å². The largest absolute Gasteiger partial charge is 0.350 e. The van der Waals surface area contributed by atoms with Crippen LogP contribution in [0.5, 0.6) is 0 Å². The summed E-state index contributed by atoms with van der Waals surface area (Å²) in [6.07, 6.45) is 10.2. The van der Waals surface area contributed by atoms with Crippen LogP contribution >= 0.6 is 0 Å². The lowest BCUT2D eigenvalue weighted by atomic mass is 10.1. The van der Waals surface area contributed by atoms with Crippen molar-refractivity contribution < 1.29 is 0 Å². The average Bonchev–Trinajstić information content (AvgIpc) is 2.84. The summed E-state index contributed by atoms with van der Waals surface area (Å²) in [7, 11) is 0. The lowest BCUT2D eigenvalue weighted by Gasteiger charge is -2.17. The van der Waals surface area contributed by atoms with E-state index in [1.54, 1.807) is 0 Å². The van der Waals surface area contributed by atoms with Gasteiger partial charge in [-0.1, -0.05) is 39.5 Å². The molecule has 0 amide bonds. The molecule has 0 aliphatic heterocycles. The van der Waals surface area contributed by atoms with Crippen molar-refractivity contribution in [2.24, 2.45) is 0 Å². The molecule has 1 rings (SSSR count). The Labute approximate surface area is 113 Å². The first-order chi connectivity index (χ1) is 8.79. The molecule has 1 unspecified atom stereocenters. The molecule has 1 N–H and O–H groups in total. The summed E-state index contributed by atoms with van der Waals surface area (Å²) in [6.45, 7) is 9.02. The predicted octanol–water partition coefficient (Wildman–Crippen LogP) is 4.52. The molecule has 104 valence electrons. The van der Waals surface area contributed by atoms with Gasteiger partial charge in [0.05, 0.1) is 0 Å². The second-order valence-electron chi connectivity index (χ2n) is 5.22. The van der Waals surface area contributed by atoms with E-state index in [0.717, 1.165) is 6.54 Å². The number of nitrogens with one attached hydrogen (secondary N) is 1. The highest BCUT2D eigenvalue weighted by Crippen LogP contribution is 2.15. The lowest BCUT2D eigenvalue weighted by Crippen LogP contribution is -2.21. The third kappa shape index (κ3) is 5.26. The van der Waals surface area contributed by atoms with Crippen LogP contribution in [-0.4, -0.2) is 11.1 Å². The number of aromatic nitrogens is 1. The van der Waals surface area contributed by atoms with Gasteiger partial charge in [-0.3, -0.25) is 0 Å². The third-order valence-electron chi connectivity index (χ3n) is 3.51. The van der Waals surface area contributed by atoms with Crippen LogP contribution in [0.3, 0.4) is 0 Å². The Hall–Kier alpha value is -0.760. The van der Waals surface area contributed by atoms with E-state index >= 15 is 0 Å². The fourth-order valence-electron chi connectivity index (χ4n) is 2.38. The second-order valence-corrected chi connectivity index (χ2v) is 5.22. The summed E-state index contributed by atoms with van der Waals surface area (Å²) in [5.41, 5.74) is 1.43. The van der Waals surface area contributed by atoms with Crippen LogP contribution < -0.4 is 5.32 Å². The Bertz CT molecular complexity index is 304. The molecule has 0 saturated carbocycles. The van der Waals surface area contributed by atoms with E-state index in [1.165, 1.54) is 50.8 Å².